The van der Waals surface area contributed by atoms with Gasteiger partial charge in [0.15, 0.2) is 0 Å². The Balaban J connectivity index is 1.67. The maximum Gasteiger partial charge on any atom is 0.238 e. The highest BCUT2D eigenvalue weighted by Gasteiger charge is 2.33. The summed E-state index contributed by atoms with van der Waals surface area (Å²) < 4.78 is 44.8. The van der Waals surface area contributed by atoms with Crippen LogP contribution < -0.4 is 9.04 Å². The molecule has 0 radical (unpaired) electrons. The molecule has 0 saturated carbocycles. The smallest absolute Gasteiger partial charge is 0.238 e. The van der Waals surface area contributed by atoms with Crippen molar-refractivity contribution in [2.45, 2.75) is 12.8 Å². The molecule has 0 bridgehead atoms. The number of fused-ring (bicyclic) bond motifs is 1. The van der Waals surface area contributed by atoms with E-state index >= 15 is 0 Å². The van der Waals surface area contributed by atoms with Crippen molar-refractivity contribution in [1.29, 1.82) is 0 Å². The van der Waals surface area contributed by atoms with Gasteiger partial charge >= 0.3 is 0 Å². The summed E-state index contributed by atoms with van der Waals surface area (Å²) in [5.41, 5.74) is 1.80. The summed E-state index contributed by atoms with van der Waals surface area (Å²) in [6.45, 7) is 2.50. The van der Waals surface area contributed by atoms with Crippen molar-refractivity contribution < 1.29 is 17.5 Å². The van der Waals surface area contributed by atoms with E-state index in [1.54, 1.807) is 0 Å². The van der Waals surface area contributed by atoms with E-state index in [0.29, 0.717) is 12.3 Å². The number of nitrogens with zero attached hydrogens (tertiary/aromatic N) is 1. The van der Waals surface area contributed by atoms with Crippen LogP contribution >= 0.6 is 0 Å². The van der Waals surface area contributed by atoms with Crippen molar-refractivity contribution in [3.05, 3.63) is 59.9 Å². The minimum atomic E-state index is -3.45. The second-order valence-electron chi connectivity index (χ2n) is 5.61. The van der Waals surface area contributed by atoms with Crippen LogP contribution in [0.5, 0.6) is 5.75 Å². The Morgan fingerprint density at radius 1 is 1.17 bits per heavy atom. The zero-order chi connectivity index (χ0) is 16.4. The normalized spacial score (nSPS) is 17.1. The lowest BCUT2D eigenvalue weighted by atomic mass is 10.0. The molecule has 0 saturated heterocycles. The first-order valence-corrected chi connectivity index (χ1v) is 9.06. The number of para-hydroxylation sites is 1. The maximum atomic E-state index is 12.8. The fraction of sp³-hybridized carbons (Fsp3) is 0.294. The van der Waals surface area contributed by atoms with E-state index in [2.05, 4.69) is 0 Å². The third-order valence-corrected chi connectivity index (χ3v) is 5.64. The fourth-order valence-electron chi connectivity index (χ4n) is 2.75. The van der Waals surface area contributed by atoms with Crippen LogP contribution in [0.2, 0.25) is 0 Å². The Bertz CT molecular complexity index is 790. The van der Waals surface area contributed by atoms with Gasteiger partial charge in [-0.25, -0.2) is 12.8 Å². The SMILES string of the molecule is CC1CN(S(=O)(=O)CCOc2ccc(F)cc2)c2ccccc21. The van der Waals surface area contributed by atoms with Crippen LogP contribution in [0, 0.1) is 5.82 Å². The topological polar surface area (TPSA) is 46.6 Å². The van der Waals surface area contributed by atoms with Gasteiger partial charge in [0.05, 0.1) is 5.69 Å². The van der Waals surface area contributed by atoms with Gasteiger partial charge in [-0.15, -0.1) is 0 Å². The van der Waals surface area contributed by atoms with Gasteiger partial charge in [-0.05, 0) is 35.9 Å². The largest absolute Gasteiger partial charge is 0.492 e. The summed E-state index contributed by atoms with van der Waals surface area (Å²) in [4.78, 5) is 0. The van der Waals surface area contributed by atoms with E-state index in [9.17, 15) is 12.8 Å². The number of hydrogen-bond acceptors (Lipinski definition) is 3. The first-order chi connectivity index (χ1) is 11.0. The average Bonchev–Trinajstić information content (AvgIpc) is 2.88. The second-order valence-corrected chi connectivity index (χ2v) is 7.62. The monoisotopic (exact) mass is 335 g/mol. The van der Waals surface area contributed by atoms with Crippen LogP contribution in [0.25, 0.3) is 0 Å². The standard InChI is InChI=1S/C17H18FNO3S/c1-13-12-19(17-5-3-2-4-16(13)17)23(20,21)11-10-22-15-8-6-14(18)7-9-15/h2-9,13H,10-12H2,1H3. The van der Waals surface area contributed by atoms with E-state index in [1.165, 1.54) is 28.6 Å². The van der Waals surface area contributed by atoms with Gasteiger partial charge < -0.3 is 4.74 Å². The number of rotatable bonds is 5. The summed E-state index contributed by atoms with van der Waals surface area (Å²) in [5, 5.41) is 0. The summed E-state index contributed by atoms with van der Waals surface area (Å²) in [6, 6.07) is 13.1. The predicted molar refractivity (Wildman–Crippen MR) is 87.9 cm³/mol. The van der Waals surface area contributed by atoms with Crippen LogP contribution in [-0.2, 0) is 10.0 Å². The van der Waals surface area contributed by atoms with Crippen LogP contribution in [0.15, 0.2) is 48.5 Å². The Morgan fingerprint density at radius 2 is 1.87 bits per heavy atom. The van der Waals surface area contributed by atoms with Gasteiger partial charge in [0.1, 0.15) is 23.9 Å². The summed E-state index contributed by atoms with van der Waals surface area (Å²) in [6.07, 6.45) is 0. The van der Waals surface area contributed by atoms with E-state index in [1.807, 2.05) is 31.2 Å². The quantitative estimate of drug-likeness (QED) is 0.843. The summed E-state index contributed by atoms with van der Waals surface area (Å²) in [7, 11) is -3.45. The molecule has 1 aliphatic rings. The lowest BCUT2D eigenvalue weighted by Gasteiger charge is -2.19. The lowest BCUT2D eigenvalue weighted by Crippen LogP contribution is -2.33. The zero-order valence-corrected chi connectivity index (χ0v) is 13.6. The molecule has 1 heterocycles. The number of anilines is 1. The van der Waals surface area contributed by atoms with Crippen molar-refractivity contribution in [2.75, 3.05) is 23.2 Å². The predicted octanol–water partition coefficient (Wildman–Crippen LogP) is 3.16. The molecular weight excluding hydrogens is 317 g/mol. The Labute approximate surface area is 135 Å². The van der Waals surface area contributed by atoms with Gasteiger partial charge in [-0.3, -0.25) is 4.31 Å². The van der Waals surface area contributed by atoms with Crippen molar-refractivity contribution in [3.63, 3.8) is 0 Å². The van der Waals surface area contributed by atoms with E-state index in [0.717, 1.165) is 11.3 Å². The fourth-order valence-corrected chi connectivity index (χ4v) is 4.18. The van der Waals surface area contributed by atoms with E-state index < -0.39 is 10.0 Å². The highest BCUT2D eigenvalue weighted by Crippen LogP contribution is 2.37. The second kappa shape index (κ2) is 6.20. The first-order valence-electron chi connectivity index (χ1n) is 7.45. The molecule has 2 aromatic carbocycles. The number of ether oxygens (including phenoxy) is 1. The number of hydrogen-bond donors (Lipinski definition) is 0. The van der Waals surface area contributed by atoms with Gasteiger partial charge in [0.25, 0.3) is 0 Å². The summed E-state index contributed by atoms with van der Waals surface area (Å²) >= 11 is 0. The molecule has 0 amide bonds. The van der Waals surface area contributed by atoms with Crippen LogP contribution in [0.4, 0.5) is 10.1 Å². The van der Waals surface area contributed by atoms with Gasteiger partial charge in [-0.1, -0.05) is 25.1 Å². The number of halogens is 1. The lowest BCUT2D eigenvalue weighted by molar-refractivity contribution is 0.340. The Morgan fingerprint density at radius 3 is 2.61 bits per heavy atom. The third kappa shape index (κ3) is 3.32. The molecule has 2 aromatic rings. The molecule has 0 aromatic heterocycles. The molecule has 6 heteroatoms. The molecule has 4 nitrogen and oxygen atoms in total. The van der Waals surface area contributed by atoms with Crippen molar-refractivity contribution in [2.24, 2.45) is 0 Å². The molecule has 23 heavy (non-hydrogen) atoms. The van der Waals surface area contributed by atoms with Crippen LogP contribution in [0.3, 0.4) is 0 Å². The van der Waals surface area contributed by atoms with Crippen LogP contribution in [-0.4, -0.2) is 27.3 Å². The van der Waals surface area contributed by atoms with Gasteiger partial charge in [-0.2, -0.15) is 0 Å². The highest BCUT2D eigenvalue weighted by molar-refractivity contribution is 7.92. The van der Waals surface area contributed by atoms with Crippen LogP contribution in [0.1, 0.15) is 18.4 Å². The molecule has 122 valence electrons. The molecule has 3 rings (SSSR count). The molecule has 0 fully saturated rings. The molecule has 1 aliphatic heterocycles. The molecule has 1 unspecified atom stereocenters. The first kappa shape index (κ1) is 15.8. The zero-order valence-electron chi connectivity index (χ0n) is 12.8. The third-order valence-electron chi connectivity index (χ3n) is 3.94. The highest BCUT2D eigenvalue weighted by atomic mass is 32.2. The van der Waals surface area contributed by atoms with Crippen molar-refractivity contribution >= 4 is 15.7 Å². The number of benzene rings is 2. The summed E-state index contributed by atoms with van der Waals surface area (Å²) in [5.74, 6) is 0.161. The number of sulfonamides is 1. The van der Waals surface area contributed by atoms with Crippen molar-refractivity contribution in [3.8, 4) is 5.75 Å². The van der Waals surface area contributed by atoms with E-state index in [4.69, 9.17) is 4.74 Å². The minimum absolute atomic E-state index is 0.0288. The molecular formula is C17H18FNO3S. The van der Waals surface area contributed by atoms with Crippen molar-refractivity contribution in [1.82, 2.24) is 0 Å². The average molecular weight is 335 g/mol. The Hall–Kier alpha value is -2.08. The van der Waals surface area contributed by atoms with E-state index in [-0.39, 0.29) is 24.1 Å². The van der Waals surface area contributed by atoms with Gasteiger partial charge in [0.2, 0.25) is 10.0 Å². The Kier molecular flexibility index (Phi) is 4.26. The molecule has 0 N–H and O–H groups in total. The van der Waals surface area contributed by atoms with Gasteiger partial charge in [0, 0.05) is 12.5 Å². The maximum absolute atomic E-state index is 12.8. The molecule has 0 aliphatic carbocycles. The minimum Gasteiger partial charge on any atom is -0.492 e. The molecule has 1 atom stereocenters. The molecule has 0 spiro atoms.